The molecule has 0 amide bonds. The molecule has 2 aromatic rings. The van der Waals surface area contributed by atoms with Crippen LogP contribution in [0, 0.1) is 0 Å². The number of thiocarbonyl (C=S) groups is 1. The van der Waals surface area contributed by atoms with Gasteiger partial charge in [-0.2, -0.15) is 0 Å². The molecule has 0 aliphatic rings. The third-order valence-electron chi connectivity index (χ3n) is 3.43. The Labute approximate surface area is 152 Å². The zero-order chi connectivity index (χ0) is 16.8. The van der Waals surface area contributed by atoms with Crippen molar-refractivity contribution in [1.29, 1.82) is 0 Å². The molecule has 0 unspecified atom stereocenters. The van der Waals surface area contributed by atoms with Crippen LogP contribution in [0.1, 0.15) is 13.8 Å². The summed E-state index contributed by atoms with van der Waals surface area (Å²) < 4.78 is 0. The van der Waals surface area contributed by atoms with Crippen molar-refractivity contribution in [3.8, 4) is 0 Å². The Bertz CT molecular complexity index is 670. The predicted molar refractivity (Wildman–Crippen MR) is 106 cm³/mol. The van der Waals surface area contributed by atoms with E-state index in [9.17, 15) is 0 Å². The standard InChI is InChI=1S/C17H19Cl2N3S/c1-3-22(4-2)14-8-6-13(7-9-14)20-17(23)21-16-10-5-12(18)11-15(16)19/h5-11H,3-4H2,1-2H3,(H2,20,21,23). The molecule has 0 aliphatic heterocycles. The van der Waals surface area contributed by atoms with E-state index in [-0.39, 0.29) is 0 Å². The molecule has 2 N–H and O–H groups in total. The van der Waals surface area contributed by atoms with E-state index in [4.69, 9.17) is 35.4 Å². The normalized spacial score (nSPS) is 10.3. The van der Waals surface area contributed by atoms with Crippen molar-refractivity contribution in [2.24, 2.45) is 0 Å². The molecule has 0 radical (unpaired) electrons. The van der Waals surface area contributed by atoms with E-state index in [2.05, 4.69) is 41.5 Å². The van der Waals surface area contributed by atoms with E-state index in [1.807, 2.05) is 12.1 Å². The summed E-state index contributed by atoms with van der Waals surface area (Å²) in [5.41, 5.74) is 2.83. The number of hydrogen-bond donors (Lipinski definition) is 2. The molecule has 3 nitrogen and oxygen atoms in total. The van der Waals surface area contributed by atoms with E-state index >= 15 is 0 Å². The smallest absolute Gasteiger partial charge is 0.175 e. The van der Waals surface area contributed by atoms with Gasteiger partial charge >= 0.3 is 0 Å². The van der Waals surface area contributed by atoms with Crippen LogP contribution < -0.4 is 15.5 Å². The van der Waals surface area contributed by atoms with Gasteiger partial charge in [0.2, 0.25) is 0 Å². The van der Waals surface area contributed by atoms with Crippen molar-refractivity contribution in [3.63, 3.8) is 0 Å². The summed E-state index contributed by atoms with van der Waals surface area (Å²) in [6.45, 7) is 6.26. The topological polar surface area (TPSA) is 27.3 Å². The van der Waals surface area contributed by atoms with E-state index in [1.54, 1.807) is 18.2 Å². The summed E-state index contributed by atoms with van der Waals surface area (Å²) in [7, 11) is 0. The molecule has 6 heteroatoms. The van der Waals surface area contributed by atoms with E-state index in [1.165, 1.54) is 5.69 Å². The Morgan fingerprint density at radius 3 is 2.22 bits per heavy atom. The molecular formula is C17H19Cl2N3S. The molecule has 122 valence electrons. The Kier molecular flexibility index (Phi) is 6.51. The van der Waals surface area contributed by atoms with Gasteiger partial charge in [0, 0.05) is 29.5 Å². The van der Waals surface area contributed by atoms with Gasteiger partial charge in [0.1, 0.15) is 0 Å². The van der Waals surface area contributed by atoms with Crippen LogP contribution in [0.25, 0.3) is 0 Å². The first kappa shape index (κ1) is 17.9. The monoisotopic (exact) mass is 367 g/mol. The molecule has 2 aromatic carbocycles. The molecule has 2 rings (SSSR count). The molecular weight excluding hydrogens is 349 g/mol. The summed E-state index contributed by atoms with van der Waals surface area (Å²) in [4.78, 5) is 2.29. The van der Waals surface area contributed by atoms with Crippen LogP contribution >= 0.6 is 35.4 Å². The Morgan fingerprint density at radius 1 is 1.00 bits per heavy atom. The molecule has 0 fully saturated rings. The molecule has 0 spiro atoms. The lowest BCUT2D eigenvalue weighted by Gasteiger charge is -2.21. The van der Waals surface area contributed by atoms with Crippen molar-refractivity contribution in [3.05, 3.63) is 52.5 Å². The van der Waals surface area contributed by atoms with Crippen LogP contribution in [-0.2, 0) is 0 Å². The van der Waals surface area contributed by atoms with Crippen LogP contribution in [0.2, 0.25) is 10.0 Å². The van der Waals surface area contributed by atoms with Gasteiger partial charge in [-0.1, -0.05) is 23.2 Å². The second kappa shape index (κ2) is 8.39. The molecule has 0 aliphatic carbocycles. The lowest BCUT2D eigenvalue weighted by molar-refractivity contribution is 0.866. The van der Waals surface area contributed by atoms with Gasteiger partial charge in [-0.05, 0) is 68.5 Å². The van der Waals surface area contributed by atoms with Crippen molar-refractivity contribution >= 4 is 57.6 Å². The molecule has 0 bridgehead atoms. The lowest BCUT2D eigenvalue weighted by Crippen LogP contribution is -2.22. The van der Waals surface area contributed by atoms with E-state index in [0.717, 1.165) is 18.8 Å². The Balaban J connectivity index is 2.00. The fourth-order valence-electron chi connectivity index (χ4n) is 2.22. The SMILES string of the molecule is CCN(CC)c1ccc(NC(=S)Nc2ccc(Cl)cc2Cl)cc1. The number of rotatable bonds is 5. The molecule has 23 heavy (non-hydrogen) atoms. The summed E-state index contributed by atoms with van der Waals surface area (Å²) in [5, 5.41) is 7.80. The molecule has 0 saturated heterocycles. The van der Waals surface area contributed by atoms with Crippen LogP contribution in [0.5, 0.6) is 0 Å². The summed E-state index contributed by atoms with van der Waals surface area (Å²) in [6, 6.07) is 13.4. The maximum absolute atomic E-state index is 6.12. The number of benzene rings is 2. The first-order chi connectivity index (χ1) is 11.0. The molecule has 0 heterocycles. The van der Waals surface area contributed by atoms with Crippen molar-refractivity contribution in [2.45, 2.75) is 13.8 Å². The maximum atomic E-state index is 6.12. The van der Waals surface area contributed by atoms with Gasteiger partial charge in [0.05, 0.1) is 10.7 Å². The number of hydrogen-bond acceptors (Lipinski definition) is 2. The molecule has 0 atom stereocenters. The number of halogens is 2. The first-order valence-electron chi connectivity index (χ1n) is 7.41. The van der Waals surface area contributed by atoms with Crippen LogP contribution in [0.3, 0.4) is 0 Å². The summed E-state index contributed by atoms with van der Waals surface area (Å²) in [5.74, 6) is 0. The molecule has 0 aromatic heterocycles. The maximum Gasteiger partial charge on any atom is 0.175 e. The quantitative estimate of drug-likeness (QED) is 0.667. The minimum absolute atomic E-state index is 0.477. The van der Waals surface area contributed by atoms with E-state index in [0.29, 0.717) is 20.8 Å². The Morgan fingerprint density at radius 2 is 1.65 bits per heavy atom. The number of anilines is 3. The van der Waals surface area contributed by atoms with Crippen LogP contribution in [0.4, 0.5) is 17.1 Å². The highest BCUT2D eigenvalue weighted by Crippen LogP contribution is 2.25. The minimum atomic E-state index is 0.477. The fourth-order valence-corrected chi connectivity index (χ4v) is 2.90. The first-order valence-corrected chi connectivity index (χ1v) is 8.58. The molecule has 0 saturated carbocycles. The van der Waals surface area contributed by atoms with Gasteiger partial charge in [-0.15, -0.1) is 0 Å². The second-order valence-corrected chi connectivity index (χ2v) is 6.17. The van der Waals surface area contributed by atoms with Crippen LogP contribution in [-0.4, -0.2) is 18.2 Å². The summed E-state index contributed by atoms with van der Waals surface area (Å²) in [6.07, 6.45) is 0. The third kappa shape index (κ3) is 4.99. The van der Waals surface area contributed by atoms with Gasteiger partial charge in [0.15, 0.2) is 5.11 Å². The lowest BCUT2D eigenvalue weighted by atomic mass is 10.2. The third-order valence-corrected chi connectivity index (χ3v) is 4.19. The fraction of sp³-hybridized carbons (Fsp3) is 0.235. The largest absolute Gasteiger partial charge is 0.372 e. The Hall–Kier alpha value is -1.49. The van der Waals surface area contributed by atoms with Crippen LogP contribution in [0.15, 0.2) is 42.5 Å². The van der Waals surface area contributed by atoms with Gasteiger partial charge < -0.3 is 15.5 Å². The van der Waals surface area contributed by atoms with Crippen molar-refractivity contribution < 1.29 is 0 Å². The zero-order valence-electron chi connectivity index (χ0n) is 13.1. The zero-order valence-corrected chi connectivity index (χ0v) is 15.4. The average Bonchev–Trinajstić information content (AvgIpc) is 2.53. The second-order valence-electron chi connectivity index (χ2n) is 4.92. The van der Waals surface area contributed by atoms with E-state index < -0.39 is 0 Å². The highest BCUT2D eigenvalue weighted by molar-refractivity contribution is 7.80. The van der Waals surface area contributed by atoms with Gasteiger partial charge in [-0.25, -0.2) is 0 Å². The predicted octanol–water partition coefficient (Wildman–Crippen LogP) is 5.65. The van der Waals surface area contributed by atoms with Gasteiger partial charge in [-0.3, -0.25) is 0 Å². The minimum Gasteiger partial charge on any atom is -0.372 e. The average molecular weight is 368 g/mol. The number of nitrogens with zero attached hydrogens (tertiary/aromatic N) is 1. The summed E-state index contributed by atoms with van der Waals surface area (Å²) >= 11 is 17.3. The van der Waals surface area contributed by atoms with Crippen molar-refractivity contribution in [2.75, 3.05) is 28.6 Å². The number of nitrogens with one attached hydrogen (secondary N) is 2. The highest BCUT2D eigenvalue weighted by atomic mass is 35.5. The van der Waals surface area contributed by atoms with Crippen molar-refractivity contribution in [1.82, 2.24) is 0 Å². The highest BCUT2D eigenvalue weighted by Gasteiger charge is 2.05. The van der Waals surface area contributed by atoms with Gasteiger partial charge in [0.25, 0.3) is 0 Å².